The first-order valence-electron chi connectivity index (χ1n) is 8.69. The lowest BCUT2D eigenvalue weighted by molar-refractivity contribution is -0.155. The molecule has 0 unspecified atom stereocenters. The second-order valence-electron chi connectivity index (χ2n) is 6.70. The number of hydrogen-bond acceptors (Lipinski definition) is 5. The lowest BCUT2D eigenvalue weighted by Gasteiger charge is -2.19. The average Bonchev–Trinajstić information content (AvgIpc) is 2.85. The largest absolute Gasteiger partial charge is 0.451 e. The molecule has 0 radical (unpaired) electrons. The lowest BCUT2D eigenvalue weighted by Crippen LogP contribution is -2.44. The number of benzene rings is 1. The number of nitrogens with one attached hydrogen (secondary N) is 2. The smallest absolute Gasteiger partial charge is 0.416 e. The fourth-order valence-electron chi connectivity index (χ4n) is 2.53. The van der Waals surface area contributed by atoms with Crippen molar-refractivity contribution in [2.45, 2.75) is 45.0 Å². The minimum atomic E-state index is -4.50. The zero-order valence-electron chi connectivity index (χ0n) is 15.9. The number of halogens is 3. The zero-order chi connectivity index (χ0) is 22.0. The van der Waals surface area contributed by atoms with E-state index < -0.39 is 53.7 Å². The van der Waals surface area contributed by atoms with Gasteiger partial charge in [0.1, 0.15) is 12.1 Å². The number of hydrogen-bond donors (Lipinski definition) is 2. The van der Waals surface area contributed by atoms with Gasteiger partial charge in [-0.1, -0.05) is 6.92 Å². The Hall–Kier alpha value is -3.11. The summed E-state index contributed by atoms with van der Waals surface area (Å²) in [7, 11) is 0. The quantitative estimate of drug-likeness (QED) is 0.548. The van der Waals surface area contributed by atoms with E-state index in [1.54, 1.807) is 6.92 Å². The number of esters is 1. The van der Waals surface area contributed by atoms with Crippen molar-refractivity contribution < 1.29 is 37.1 Å². The molecule has 2 N–H and O–H groups in total. The zero-order valence-corrected chi connectivity index (χ0v) is 15.9. The first-order valence-corrected chi connectivity index (χ1v) is 8.69. The first-order chi connectivity index (χ1) is 13.4. The Morgan fingerprint density at radius 1 is 1.24 bits per heavy atom. The van der Waals surface area contributed by atoms with Gasteiger partial charge in [-0.05, 0) is 44.5 Å². The molecular formula is C18H20F3N3O5. The van der Waals surface area contributed by atoms with Crippen LogP contribution in [-0.4, -0.2) is 46.9 Å². The highest BCUT2D eigenvalue weighted by Crippen LogP contribution is 2.29. The van der Waals surface area contributed by atoms with Crippen molar-refractivity contribution in [2.24, 2.45) is 0 Å². The van der Waals surface area contributed by atoms with Crippen LogP contribution >= 0.6 is 0 Å². The van der Waals surface area contributed by atoms with Crippen molar-refractivity contribution in [1.82, 2.24) is 10.2 Å². The summed E-state index contributed by atoms with van der Waals surface area (Å²) in [5.74, 6) is -2.35. The van der Waals surface area contributed by atoms with Crippen LogP contribution in [0.1, 0.15) is 32.8 Å². The van der Waals surface area contributed by atoms with E-state index in [0.29, 0.717) is 11.3 Å². The monoisotopic (exact) mass is 415 g/mol. The van der Waals surface area contributed by atoms with Gasteiger partial charge in [-0.15, -0.1) is 0 Å². The van der Waals surface area contributed by atoms with Crippen LogP contribution in [0.15, 0.2) is 24.3 Å². The molecule has 1 aliphatic rings. The summed E-state index contributed by atoms with van der Waals surface area (Å²) in [6, 6.07) is 2.99. The third-order valence-corrected chi connectivity index (χ3v) is 4.50. The summed E-state index contributed by atoms with van der Waals surface area (Å²) < 4.78 is 42.6. The second kappa shape index (κ2) is 8.10. The van der Waals surface area contributed by atoms with Gasteiger partial charge in [0.15, 0.2) is 6.10 Å². The molecule has 1 saturated heterocycles. The maximum atomic E-state index is 12.5. The average molecular weight is 415 g/mol. The van der Waals surface area contributed by atoms with Gasteiger partial charge in [0.05, 0.1) is 5.56 Å². The van der Waals surface area contributed by atoms with Crippen LogP contribution in [0, 0.1) is 0 Å². The maximum Gasteiger partial charge on any atom is 0.416 e. The van der Waals surface area contributed by atoms with Crippen molar-refractivity contribution in [1.29, 1.82) is 0 Å². The van der Waals surface area contributed by atoms with E-state index in [4.69, 9.17) is 4.74 Å². The van der Waals surface area contributed by atoms with E-state index in [2.05, 4.69) is 10.6 Å². The number of urea groups is 1. The number of amides is 4. The van der Waals surface area contributed by atoms with Crippen LogP contribution < -0.4 is 10.6 Å². The van der Waals surface area contributed by atoms with Gasteiger partial charge in [-0.25, -0.2) is 4.79 Å². The Bertz CT molecular complexity index is 825. The fraction of sp³-hybridized carbons (Fsp3) is 0.444. The van der Waals surface area contributed by atoms with Crippen molar-refractivity contribution in [3.63, 3.8) is 0 Å². The second-order valence-corrected chi connectivity index (χ2v) is 6.70. The number of rotatable bonds is 6. The van der Waals surface area contributed by atoms with Gasteiger partial charge in [0.2, 0.25) is 0 Å². The molecule has 0 bridgehead atoms. The van der Waals surface area contributed by atoms with Crippen LogP contribution in [0.3, 0.4) is 0 Å². The van der Waals surface area contributed by atoms with E-state index in [-0.39, 0.29) is 5.69 Å². The third-order valence-electron chi connectivity index (χ3n) is 4.50. The molecule has 1 heterocycles. The molecule has 29 heavy (non-hydrogen) atoms. The minimum Gasteiger partial charge on any atom is -0.451 e. The highest BCUT2D eigenvalue weighted by atomic mass is 19.4. The highest BCUT2D eigenvalue weighted by Gasteiger charge is 2.47. The van der Waals surface area contributed by atoms with Crippen molar-refractivity contribution in [2.75, 3.05) is 11.9 Å². The van der Waals surface area contributed by atoms with Crippen molar-refractivity contribution in [3.8, 4) is 0 Å². The lowest BCUT2D eigenvalue weighted by atomic mass is 9.99. The Kier molecular flexibility index (Phi) is 6.19. The molecule has 2 atom stereocenters. The van der Waals surface area contributed by atoms with Gasteiger partial charge < -0.3 is 15.4 Å². The molecule has 4 amide bonds. The van der Waals surface area contributed by atoms with E-state index in [0.717, 1.165) is 24.3 Å². The molecule has 0 aromatic heterocycles. The van der Waals surface area contributed by atoms with E-state index in [1.807, 2.05) is 0 Å². The number of carbonyl (C=O) groups excluding carboxylic acids is 4. The molecule has 1 aromatic carbocycles. The molecule has 1 aromatic rings. The van der Waals surface area contributed by atoms with Gasteiger partial charge in [-0.3, -0.25) is 19.3 Å². The predicted molar refractivity (Wildman–Crippen MR) is 94.6 cm³/mol. The van der Waals surface area contributed by atoms with Crippen molar-refractivity contribution in [3.05, 3.63) is 29.8 Å². The van der Waals surface area contributed by atoms with Crippen LogP contribution in [-0.2, 0) is 25.3 Å². The Balaban J connectivity index is 1.91. The molecular weight excluding hydrogens is 395 g/mol. The highest BCUT2D eigenvalue weighted by molar-refractivity contribution is 6.08. The molecule has 11 heteroatoms. The van der Waals surface area contributed by atoms with Gasteiger partial charge >= 0.3 is 18.2 Å². The molecule has 2 rings (SSSR count). The number of anilines is 1. The van der Waals surface area contributed by atoms with Gasteiger partial charge in [-0.2, -0.15) is 13.2 Å². The Labute approximate surface area is 164 Å². The van der Waals surface area contributed by atoms with Gasteiger partial charge in [0, 0.05) is 5.69 Å². The molecule has 0 saturated carbocycles. The van der Waals surface area contributed by atoms with E-state index in [1.165, 1.54) is 13.8 Å². The molecule has 0 spiro atoms. The van der Waals surface area contributed by atoms with Crippen LogP contribution in [0.4, 0.5) is 23.7 Å². The summed E-state index contributed by atoms with van der Waals surface area (Å²) in [6.45, 7) is 3.81. The summed E-state index contributed by atoms with van der Waals surface area (Å²) >= 11 is 0. The van der Waals surface area contributed by atoms with E-state index >= 15 is 0 Å². The Morgan fingerprint density at radius 3 is 2.31 bits per heavy atom. The molecule has 1 aliphatic heterocycles. The first kappa shape index (κ1) is 22.2. The summed E-state index contributed by atoms with van der Waals surface area (Å²) in [6.07, 6.45) is -5.48. The van der Waals surface area contributed by atoms with Gasteiger partial charge in [0.25, 0.3) is 11.8 Å². The van der Waals surface area contributed by atoms with E-state index in [9.17, 15) is 32.3 Å². The SMILES string of the molecule is CC[C@@]1(C)NC(=O)N(CC(=O)O[C@@H](C)C(=O)Nc2ccc(C(F)(F)F)cc2)C1=O. The number of imide groups is 1. The maximum absolute atomic E-state index is 12.5. The molecule has 1 fully saturated rings. The van der Waals surface area contributed by atoms with Crippen LogP contribution in [0.2, 0.25) is 0 Å². The fourth-order valence-corrected chi connectivity index (χ4v) is 2.53. The summed E-state index contributed by atoms with van der Waals surface area (Å²) in [5.41, 5.74) is -1.90. The predicted octanol–water partition coefficient (Wildman–Crippen LogP) is 2.30. The topological polar surface area (TPSA) is 105 Å². The summed E-state index contributed by atoms with van der Waals surface area (Å²) in [5, 5.41) is 4.80. The molecule has 8 nitrogen and oxygen atoms in total. The number of nitrogens with zero attached hydrogens (tertiary/aromatic N) is 1. The molecule has 0 aliphatic carbocycles. The van der Waals surface area contributed by atoms with Crippen LogP contribution in [0.25, 0.3) is 0 Å². The summed E-state index contributed by atoms with van der Waals surface area (Å²) in [4.78, 5) is 48.9. The minimum absolute atomic E-state index is 0.0821. The number of alkyl halides is 3. The third kappa shape index (κ3) is 5.04. The number of carbonyl (C=O) groups is 4. The standard InChI is InChI=1S/C18H20F3N3O5/c1-4-17(3)15(27)24(16(28)23-17)9-13(25)29-10(2)14(26)22-12-7-5-11(6-8-12)18(19,20)21/h5-8,10H,4,9H2,1-3H3,(H,22,26)(H,23,28)/t10-,17+/m0/s1. The van der Waals surface area contributed by atoms with Crippen LogP contribution in [0.5, 0.6) is 0 Å². The number of ether oxygens (including phenoxy) is 1. The molecule has 158 valence electrons. The van der Waals surface area contributed by atoms with Crippen molar-refractivity contribution >= 4 is 29.5 Å². The Morgan fingerprint density at radius 2 is 1.83 bits per heavy atom. The normalized spacial score (nSPS) is 20.3.